The van der Waals surface area contributed by atoms with Gasteiger partial charge in [-0.05, 0) is 19.9 Å². The van der Waals surface area contributed by atoms with E-state index in [0.29, 0.717) is 17.8 Å². The molecule has 1 unspecified atom stereocenters. The van der Waals surface area contributed by atoms with Gasteiger partial charge >= 0.3 is 5.97 Å². The summed E-state index contributed by atoms with van der Waals surface area (Å²) in [6.45, 7) is 4.00. The first-order valence-electron chi connectivity index (χ1n) is 4.26. The number of nitrogens with one attached hydrogen (secondary N) is 1. The summed E-state index contributed by atoms with van der Waals surface area (Å²) in [6, 6.07) is -0.545. The summed E-state index contributed by atoms with van der Waals surface area (Å²) >= 11 is 4.61. The minimum atomic E-state index is -0.872. The van der Waals surface area contributed by atoms with Crippen LogP contribution in [0.1, 0.15) is 26.7 Å². The predicted molar refractivity (Wildman–Crippen MR) is 57.9 cm³/mol. The quantitative estimate of drug-likeness (QED) is 0.579. The van der Waals surface area contributed by atoms with E-state index in [1.165, 1.54) is 0 Å². The van der Waals surface area contributed by atoms with Crippen LogP contribution in [0.3, 0.4) is 0 Å². The van der Waals surface area contributed by atoms with Crippen molar-refractivity contribution in [2.45, 2.75) is 32.7 Å². The highest BCUT2D eigenvalue weighted by Gasteiger charge is 2.13. The second-order valence-corrected chi connectivity index (χ2v) is 2.71. The van der Waals surface area contributed by atoms with Crippen LogP contribution in [0.2, 0.25) is 0 Å². The Morgan fingerprint density at radius 2 is 2.08 bits per heavy atom. The van der Waals surface area contributed by atoms with Gasteiger partial charge in [0.05, 0.1) is 4.99 Å². The molecule has 1 atom stereocenters. The molecule has 0 aliphatic rings. The number of likely N-dealkylation sites (N-methyl/N-ethyl adjacent to an activating group) is 1. The summed E-state index contributed by atoms with van der Waals surface area (Å²) in [5.74, 6) is -0.872. The first kappa shape index (κ1) is 14.8. The Morgan fingerprint density at radius 1 is 1.62 bits per heavy atom. The molecule has 0 fully saturated rings. The fourth-order valence-corrected chi connectivity index (χ4v) is 0.796. The van der Waals surface area contributed by atoms with Crippen molar-refractivity contribution in [3.05, 3.63) is 0 Å². The molecule has 0 saturated heterocycles. The Kier molecular flexibility index (Phi) is 10.7. The fraction of sp³-hybridized carbons (Fsp3) is 0.750. The Morgan fingerprint density at radius 3 is 2.31 bits per heavy atom. The minimum Gasteiger partial charge on any atom is -0.480 e. The third-order valence-electron chi connectivity index (χ3n) is 1.33. The average molecular weight is 206 g/mol. The summed E-state index contributed by atoms with van der Waals surface area (Å²) in [7, 11) is 1.60. The largest absolute Gasteiger partial charge is 0.480 e. The molecule has 5 heteroatoms. The number of carboxylic acids is 1. The number of carboxylic acid groups (broad SMARTS) is 1. The molecule has 0 radical (unpaired) electrons. The van der Waals surface area contributed by atoms with Gasteiger partial charge in [-0.2, -0.15) is 0 Å². The molecule has 0 aromatic heterocycles. The maximum absolute atomic E-state index is 10.4. The van der Waals surface area contributed by atoms with E-state index in [2.05, 4.69) is 17.5 Å². The number of carbonyl (C=O) groups is 1. The Bertz CT molecular complexity index is 162. The number of rotatable bonds is 5. The second kappa shape index (κ2) is 9.41. The molecule has 0 saturated carbocycles. The van der Waals surface area contributed by atoms with E-state index in [1.807, 2.05) is 13.8 Å². The molecule has 0 aliphatic heterocycles. The van der Waals surface area contributed by atoms with E-state index in [9.17, 15) is 4.79 Å². The van der Waals surface area contributed by atoms with Gasteiger partial charge in [-0.1, -0.05) is 26.1 Å². The monoisotopic (exact) mass is 206 g/mol. The molecule has 0 bridgehead atoms. The molecule has 0 rings (SSSR count). The molecule has 4 N–H and O–H groups in total. The molecular weight excluding hydrogens is 188 g/mol. The highest BCUT2D eigenvalue weighted by atomic mass is 32.1. The smallest absolute Gasteiger partial charge is 0.320 e. The van der Waals surface area contributed by atoms with Crippen LogP contribution in [-0.2, 0) is 4.79 Å². The summed E-state index contributed by atoms with van der Waals surface area (Å²) in [5, 5.41) is 11.2. The van der Waals surface area contributed by atoms with Crippen LogP contribution in [0.25, 0.3) is 0 Å². The molecule has 4 nitrogen and oxygen atoms in total. The Hall–Kier alpha value is -0.680. The highest BCUT2D eigenvalue weighted by Crippen LogP contribution is 1.96. The molecule has 0 heterocycles. The lowest BCUT2D eigenvalue weighted by Crippen LogP contribution is -2.34. The van der Waals surface area contributed by atoms with E-state index in [4.69, 9.17) is 10.8 Å². The maximum Gasteiger partial charge on any atom is 0.320 e. The molecule has 13 heavy (non-hydrogen) atoms. The van der Waals surface area contributed by atoms with Gasteiger partial charge in [0.25, 0.3) is 0 Å². The Labute approximate surface area is 84.5 Å². The number of aliphatic carboxylic acids is 1. The minimum absolute atomic E-state index is 0.353. The highest BCUT2D eigenvalue weighted by molar-refractivity contribution is 7.80. The topological polar surface area (TPSA) is 75.3 Å². The van der Waals surface area contributed by atoms with E-state index in [1.54, 1.807) is 7.05 Å². The summed E-state index contributed by atoms with van der Waals surface area (Å²) in [4.78, 5) is 10.7. The zero-order chi connectivity index (χ0) is 10.9. The van der Waals surface area contributed by atoms with Crippen molar-refractivity contribution in [2.75, 3.05) is 7.05 Å². The maximum atomic E-state index is 10.4. The van der Waals surface area contributed by atoms with Crippen LogP contribution >= 0.6 is 12.2 Å². The van der Waals surface area contributed by atoms with Crippen LogP contribution in [-0.4, -0.2) is 29.2 Å². The van der Waals surface area contributed by atoms with Crippen molar-refractivity contribution < 1.29 is 9.90 Å². The second-order valence-electron chi connectivity index (χ2n) is 2.18. The van der Waals surface area contributed by atoms with Gasteiger partial charge in [0.1, 0.15) is 6.04 Å². The van der Waals surface area contributed by atoms with Gasteiger partial charge in [-0.15, -0.1) is 0 Å². The number of hydrogen-bond acceptors (Lipinski definition) is 3. The predicted octanol–water partition coefficient (Wildman–Crippen LogP) is 0.751. The summed E-state index contributed by atoms with van der Waals surface area (Å²) in [5.41, 5.74) is 5.21. The molecule has 0 aromatic rings. The zero-order valence-corrected chi connectivity index (χ0v) is 9.15. The lowest BCUT2D eigenvalue weighted by atomic mass is 10.1. The van der Waals surface area contributed by atoms with E-state index in [-0.39, 0.29) is 0 Å². The Balaban J connectivity index is 0. The van der Waals surface area contributed by atoms with Crippen LogP contribution in [0.5, 0.6) is 0 Å². The lowest BCUT2D eigenvalue weighted by molar-refractivity contribution is -0.139. The van der Waals surface area contributed by atoms with Gasteiger partial charge in [0.15, 0.2) is 0 Å². The summed E-state index contributed by atoms with van der Waals surface area (Å²) < 4.78 is 0. The molecule has 78 valence electrons. The third-order valence-corrected chi connectivity index (χ3v) is 1.53. The molecule has 0 aliphatic carbocycles. The van der Waals surface area contributed by atoms with Crippen molar-refractivity contribution in [2.24, 2.45) is 5.73 Å². The first-order chi connectivity index (χ1) is 6.07. The van der Waals surface area contributed by atoms with Gasteiger partial charge in [-0.3, -0.25) is 4.79 Å². The third kappa shape index (κ3) is 9.23. The zero-order valence-electron chi connectivity index (χ0n) is 8.33. The van der Waals surface area contributed by atoms with Crippen LogP contribution in [0.15, 0.2) is 0 Å². The molecule has 0 spiro atoms. The van der Waals surface area contributed by atoms with Gasteiger partial charge in [0, 0.05) is 0 Å². The van der Waals surface area contributed by atoms with Crippen molar-refractivity contribution in [1.29, 1.82) is 0 Å². The lowest BCUT2D eigenvalue weighted by Gasteiger charge is -2.09. The van der Waals surface area contributed by atoms with E-state index in [0.717, 1.165) is 0 Å². The fourth-order valence-electron chi connectivity index (χ4n) is 0.678. The van der Waals surface area contributed by atoms with E-state index < -0.39 is 12.0 Å². The average Bonchev–Trinajstić information content (AvgIpc) is 2.08. The molecule has 0 amide bonds. The SMILES string of the molecule is CC.CNC(CCC(N)=S)C(=O)O. The van der Waals surface area contributed by atoms with Crippen molar-refractivity contribution in [3.8, 4) is 0 Å². The van der Waals surface area contributed by atoms with Crippen LogP contribution < -0.4 is 11.1 Å². The molecule has 0 aromatic carbocycles. The van der Waals surface area contributed by atoms with Gasteiger partial charge < -0.3 is 16.2 Å². The van der Waals surface area contributed by atoms with E-state index >= 15 is 0 Å². The number of hydrogen-bond donors (Lipinski definition) is 3. The van der Waals surface area contributed by atoms with Crippen LogP contribution in [0.4, 0.5) is 0 Å². The van der Waals surface area contributed by atoms with Crippen LogP contribution in [0, 0.1) is 0 Å². The number of thiocarbonyl (C=S) groups is 1. The standard InChI is InChI=1S/C6H12N2O2S.C2H6/c1-8-4(6(9)10)2-3-5(7)11;1-2/h4,8H,2-3H2,1H3,(H2,7,11)(H,9,10);1-2H3. The van der Waals surface area contributed by atoms with Crippen molar-refractivity contribution >= 4 is 23.2 Å². The van der Waals surface area contributed by atoms with Crippen molar-refractivity contribution in [3.63, 3.8) is 0 Å². The van der Waals surface area contributed by atoms with Gasteiger partial charge in [-0.25, -0.2) is 0 Å². The number of nitrogens with two attached hydrogens (primary N) is 1. The normalized spacial score (nSPS) is 11.0. The van der Waals surface area contributed by atoms with Crippen molar-refractivity contribution in [1.82, 2.24) is 5.32 Å². The summed E-state index contributed by atoms with van der Waals surface area (Å²) in [6.07, 6.45) is 0.911. The van der Waals surface area contributed by atoms with Gasteiger partial charge in [0.2, 0.25) is 0 Å². The first-order valence-corrected chi connectivity index (χ1v) is 4.67. The molecular formula is C8H18N2O2S.